The molecule has 0 unspecified atom stereocenters. The molecule has 0 atom stereocenters. The minimum Gasteiger partial charge on any atom is -0.380 e. The first kappa shape index (κ1) is 17.9. The van der Waals surface area contributed by atoms with Crippen molar-refractivity contribution >= 4 is 23.6 Å². The summed E-state index contributed by atoms with van der Waals surface area (Å²) in [5.41, 5.74) is 3.10. The van der Waals surface area contributed by atoms with Gasteiger partial charge >= 0.3 is 0 Å². The molecule has 26 heavy (non-hydrogen) atoms. The monoisotopic (exact) mass is 367 g/mol. The Morgan fingerprint density at radius 3 is 2.62 bits per heavy atom. The summed E-state index contributed by atoms with van der Waals surface area (Å²) in [6.07, 6.45) is 0.768. The maximum absolute atomic E-state index is 12.6. The predicted octanol–water partition coefficient (Wildman–Crippen LogP) is 3.68. The molecule has 6 heteroatoms. The molecule has 0 aliphatic rings. The average Bonchev–Trinajstić information content (AvgIpc) is 2.64. The van der Waals surface area contributed by atoms with Gasteiger partial charge in [0.05, 0.1) is 23.5 Å². The Morgan fingerprint density at radius 2 is 1.92 bits per heavy atom. The summed E-state index contributed by atoms with van der Waals surface area (Å²) in [6, 6.07) is 16.5. The standard InChI is InChI=1S/C20H18ClN3O2/c1-14-17(13-25)18(22-11-15-6-3-2-4-7-15)10-20(26)24(14)12-16-8-5-9-19(21)23-16/h2-10,13,22H,11-12H2,1H3. The number of hydrogen-bond acceptors (Lipinski definition) is 4. The Morgan fingerprint density at radius 1 is 1.15 bits per heavy atom. The SMILES string of the molecule is Cc1c(C=O)c(NCc2ccccc2)cc(=O)n1Cc1cccc(Cl)n1. The fraction of sp³-hybridized carbons (Fsp3) is 0.150. The molecule has 1 aromatic carbocycles. The number of anilines is 1. The van der Waals surface area contributed by atoms with E-state index >= 15 is 0 Å². The van der Waals surface area contributed by atoms with Gasteiger partial charge < -0.3 is 9.88 Å². The number of carbonyl (C=O) groups is 1. The molecule has 1 N–H and O–H groups in total. The third-order valence-corrected chi connectivity index (χ3v) is 4.37. The van der Waals surface area contributed by atoms with Gasteiger partial charge in [-0.05, 0) is 24.6 Å². The Labute approximate surface area is 156 Å². The normalized spacial score (nSPS) is 10.5. The number of halogens is 1. The first-order valence-corrected chi connectivity index (χ1v) is 8.55. The highest BCUT2D eigenvalue weighted by Gasteiger charge is 2.13. The van der Waals surface area contributed by atoms with Crippen LogP contribution in [0.25, 0.3) is 0 Å². The molecule has 0 aliphatic heterocycles. The smallest absolute Gasteiger partial charge is 0.253 e. The van der Waals surface area contributed by atoms with E-state index < -0.39 is 0 Å². The molecule has 2 aromatic heterocycles. The van der Waals surface area contributed by atoms with Crippen molar-refractivity contribution in [2.75, 3.05) is 5.32 Å². The van der Waals surface area contributed by atoms with Gasteiger partial charge in [-0.25, -0.2) is 4.98 Å². The number of rotatable bonds is 6. The van der Waals surface area contributed by atoms with Gasteiger partial charge in [-0.1, -0.05) is 48.0 Å². The molecule has 132 valence electrons. The minimum atomic E-state index is -0.203. The van der Waals surface area contributed by atoms with E-state index in [1.807, 2.05) is 30.3 Å². The number of carbonyl (C=O) groups excluding carboxylic acids is 1. The van der Waals surface area contributed by atoms with E-state index in [2.05, 4.69) is 10.3 Å². The zero-order valence-electron chi connectivity index (χ0n) is 14.3. The summed E-state index contributed by atoms with van der Waals surface area (Å²) in [5, 5.41) is 3.55. The highest BCUT2D eigenvalue weighted by atomic mass is 35.5. The lowest BCUT2D eigenvalue weighted by Gasteiger charge is -2.16. The van der Waals surface area contributed by atoms with Crippen LogP contribution in [0.1, 0.15) is 27.3 Å². The van der Waals surface area contributed by atoms with E-state index in [1.54, 1.807) is 25.1 Å². The fourth-order valence-corrected chi connectivity index (χ4v) is 2.95. The van der Waals surface area contributed by atoms with Crippen LogP contribution in [0, 0.1) is 6.92 Å². The van der Waals surface area contributed by atoms with E-state index in [9.17, 15) is 9.59 Å². The Bertz CT molecular complexity index is 984. The lowest BCUT2D eigenvalue weighted by atomic mass is 10.1. The fourth-order valence-electron chi connectivity index (χ4n) is 2.77. The van der Waals surface area contributed by atoms with Crippen molar-refractivity contribution < 1.29 is 4.79 Å². The van der Waals surface area contributed by atoms with Crippen LogP contribution in [0.3, 0.4) is 0 Å². The number of nitrogens with one attached hydrogen (secondary N) is 1. The first-order chi connectivity index (χ1) is 12.6. The molecule has 0 aliphatic carbocycles. The third-order valence-electron chi connectivity index (χ3n) is 4.16. The van der Waals surface area contributed by atoms with Crippen LogP contribution in [0.2, 0.25) is 5.15 Å². The van der Waals surface area contributed by atoms with Crippen molar-refractivity contribution in [2.24, 2.45) is 0 Å². The maximum atomic E-state index is 12.6. The van der Waals surface area contributed by atoms with Gasteiger partial charge in [0.1, 0.15) is 5.15 Å². The second-order valence-electron chi connectivity index (χ2n) is 5.89. The molecular weight excluding hydrogens is 350 g/mol. The van der Waals surface area contributed by atoms with Crippen LogP contribution in [0.15, 0.2) is 59.4 Å². The predicted molar refractivity (Wildman–Crippen MR) is 103 cm³/mol. The molecule has 0 saturated carbocycles. The number of aromatic nitrogens is 2. The number of hydrogen-bond donors (Lipinski definition) is 1. The zero-order chi connectivity index (χ0) is 18.5. The van der Waals surface area contributed by atoms with Crippen molar-refractivity contribution in [3.05, 3.63) is 92.6 Å². The second kappa shape index (κ2) is 7.97. The highest BCUT2D eigenvalue weighted by molar-refractivity contribution is 6.29. The molecule has 3 rings (SSSR count). The van der Waals surface area contributed by atoms with Gasteiger partial charge in [-0.2, -0.15) is 0 Å². The van der Waals surface area contributed by atoms with Crippen molar-refractivity contribution in [3.8, 4) is 0 Å². The Kier molecular flexibility index (Phi) is 5.49. The van der Waals surface area contributed by atoms with Crippen molar-refractivity contribution in [2.45, 2.75) is 20.0 Å². The molecule has 2 heterocycles. The highest BCUT2D eigenvalue weighted by Crippen LogP contribution is 2.17. The van der Waals surface area contributed by atoms with E-state index in [4.69, 9.17) is 11.6 Å². The van der Waals surface area contributed by atoms with Crippen LogP contribution in [-0.4, -0.2) is 15.8 Å². The Balaban J connectivity index is 1.91. The van der Waals surface area contributed by atoms with Gasteiger partial charge in [-0.3, -0.25) is 9.59 Å². The van der Waals surface area contributed by atoms with Crippen molar-refractivity contribution in [1.29, 1.82) is 0 Å². The number of pyridine rings is 2. The van der Waals surface area contributed by atoms with E-state index in [-0.39, 0.29) is 12.1 Å². The molecule has 0 saturated heterocycles. The zero-order valence-corrected chi connectivity index (χ0v) is 15.0. The average molecular weight is 368 g/mol. The maximum Gasteiger partial charge on any atom is 0.253 e. The Hall–Kier alpha value is -2.92. The first-order valence-electron chi connectivity index (χ1n) is 8.17. The number of nitrogens with zero attached hydrogens (tertiary/aromatic N) is 2. The summed E-state index contributed by atoms with van der Waals surface area (Å²) in [5.74, 6) is 0. The summed E-state index contributed by atoms with van der Waals surface area (Å²) in [4.78, 5) is 28.4. The molecule has 0 fully saturated rings. The van der Waals surface area contributed by atoms with Crippen LogP contribution < -0.4 is 10.9 Å². The number of aldehydes is 1. The van der Waals surface area contributed by atoms with Crippen LogP contribution in [0.5, 0.6) is 0 Å². The largest absolute Gasteiger partial charge is 0.380 e. The van der Waals surface area contributed by atoms with Crippen LogP contribution in [0.4, 0.5) is 5.69 Å². The lowest BCUT2D eigenvalue weighted by molar-refractivity contribution is 0.112. The van der Waals surface area contributed by atoms with Gasteiger partial charge in [0.25, 0.3) is 5.56 Å². The molecule has 0 radical (unpaired) electrons. The molecule has 0 bridgehead atoms. The lowest BCUT2D eigenvalue weighted by Crippen LogP contribution is -2.25. The summed E-state index contributed by atoms with van der Waals surface area (Å²) >= 11 is 5.91. The van der Waals surface area contributed by atoms with Gasteiger partial charge in [0.2, 0.25) is 0 Å². The quantitative estimate of drug-likeness (QED) is 0.533. The molecule has 0 amide bonds. The summed E-state index contributed by atoms with van der Waals surface area (Å²) in [7, 11) is 0. The van der Waals surface area contributed by atoms with Gasteiger partial charge in [0, 0.05) is 18.3 Å². The third kappa shape index (κ3) is 4.00. The van der Waals surface area contributed by atoms with Crippen molar-refractivity contribution in [1.82, 2.24) is 9.55 Å². The minimum absolute atomic E-state index is 0.203. The van der Waals surface area contributed by atoms with Gasteiger partial charge in [-0.15, -0.1) is 0 Å². The molecule has 5 nitrogen and oxygen atoms in total. The van der Waals surface area contributed by atoms with Crippen molar-refractivity contribution in [3.63, 3.8) is 0 Å². The second-order valence-corrected chi connectivity index (χ2v) is 6.28. The van der Waals surface area contributed by atoms with Crippen LogP contribution >= 0.6 is 11.6 Å². The molecular formula is C20H18ClN3O2. The number of benzene rings is 1. The summed E-state index contributed by atoms with van der Waals surface area (Å²) in [6.45, 7) is 2.54. The van der Waals surface area contributed by atoms with E-state index in [0.29, 0.717) is 34.3 Å². The summed E-state index contributed by atoms with van der Waals surface area (Å²) < 4.78 is 1.52. The van der Waals surface area contributed by atoms with E-state index in [0.717, 1.165) is 11.8 Å². The molecule has 0 spiro atoms. The van der Waals surface area contributed by atoms with E-state index in [1.165, 1.54) is 10.6 Å². The van der Waals surface area contributed by atoms with Crippen LogP contribution in [-0.2, 0) is 13.1 Å². The molecule has 3 aromatic rings. The van der Waals surface area contributed by atoms with Gasteiger partial charge in [0.15, 0.2) is 6.29 Å². The topological polar surface area (TPSA) is 64.0 Å².